The van der Waals surface area contributed by atoms with Crippen molar-refractivity contribution in [3.05, 3.63) is 0 Å². The molecule has 0 aliphatic carbocycles. The summed E-state index contributed by atoms with van der Waals surface area (Å²) in [5, 5.41) is 0. The van der Waals surface area contributed by atoms with Crippen molar-refractivity contribution in [3.8, 4) is 0 Å². The van der Waals surface area contributed by atoms with Crippen LogP contribution in [0.25, 0.3) is 0 Å². The molecule has 0 aromatic carbocycles. The summed E-state index contributed by atoms with van der Waals surface area (Å²) in [6, 6.07) is 0. The average Bonchev–Trinajstić information content (AvgIpc) is 0. The van der Waals surface area contributed by atoms with E-state index in [1.165, 1.54) is 0 Å². The van der Waals surface area contributed by atoms with Gasteiger partial charge in [-0.15, -0.1) is 0 Å². The van der Waals surface area contributed by atoms with Crippen LogP contribution in [0, 0.1) is 0 Å². The molecule has 6 radical (unpaired) electrons. The Morgan fingerprint density at radius 1 is 0.286 bits per heavy atom. The molecule has 0 fully saturated rings. The topological polar surface area (TPSA) is 0 Å². The Bertz CT molecular complexity index is 6.04. The normalized spacial score (nSPS) is 0. The number of hydrogen-bond donors (Lipinski definition) is 0. The summed E-state index contributed by atoms with van der Waals surface area (Å²) in [7, 11) is 0. The van der Waals surface area contributed by atoms with E-state index in [2.05, 4.69) is 0 Å². The molecule has 0 atom stereocenters. The van der Waals surface area contributed by atoms with E-state index >= 15 is 0 Å². The third-order valence-corrected chi connectivity index (χ3v) is 0. The minimum Gasteiger partial charge on any atom is 0 e. The second-order valence-electron chi connectivity index (χ2n) is 0. The smallest absolute Gasteiger partial charge is 0 e. The van der Waals surface area contributed by atoms with Crippen LogP contribution in [0.3, 0.4) is 0 Å². The fourth-order valence-electron chi connectivity index (χ4n) is 0. The van der Waals surface area contributed by atoms with Crippen LogP contribution < -0.4 is 0 Å². The summed E-state index contributed by atoms with van der Waals surface area (Å²) < 4.78 is 0. The fraction of sp³-hybridized carbons (Fsp3) is 0. The Kier molecular flexibility index (Phi) is 356. The van der Waals surface area contributed by atoms with Crippen molar-refractivity contribution in [2.75, 3.05) is 0 Å². The second-order valence-corrected chi connectivity index (χ2v) is 0. The molecule has 0 unspecified atom stereocenters. The minimum absolute atomic E-state index is 0. The Hall–Kier alpha value is 5.10. The molecule has 0 aliphatic rings. The van der Waals surface area contributed by atoms with E-state index in [0.717, 1.165) is 0 Å². The molecule has 0 amide bonds. The summed E-state index contributed by atoms with van der Waals surface area (Å²) in [5.74, 6) is 0. The molecule has 0 nitrogen and oxygen atoms in total. The fourth-order valence-corrected chi connectivity index (χ4v) is 0. The summed E-state index contributed by atoms with van der Waals surface area (Å²) >= 11 is 0. The van der Waals surface area contributed by atoms with E-state index < -0.39 is 0 Å². The van der Waals surface area contributed by atoms with Gasteiger partial charge in [-0.2, -0.15) is 0 Å². The molecule has 7 heavy (non-hydrogen) atoms. The van der Waals surface area contributed by atoms with Crippen LogP contribution in [0.1, 0.15) is 0 Å². The van der Waals surface area contributed by atoms with Gasteiger partial charge in [0, 0.05) is 39.6 Å². The van der Waals surface area contributed by atoms with Crippen molar-refractivity contribution in [2.24, 2.45) is 0 Å². The van der Waals surface area contributed by atoms with E-state index in [-0.39, 0.29) is 155 Å². The van der Waals surface area contributed by atoms with E-state index in [9.17, 15) is 0 Å². The summed E-state index contributed by atoms with van der Waals surface area (Å²) in [5.41, 5.74) is 0. The first-order valence-electron chi connectivity index (χ1n) is 0. The van der Waals surface area contributed by atoms with Gasteiger partial charge in [-0.25, -0.2) is 0 Å². The van der Waals surface area contributed by atoms with Crippen LogP contribution in [0.4, 0.5) is 0 Å². The molecule has 0 rings (SSSR count). The Morgan fingerprint density at radius 2 is 0.286 bits per heavy atom. The number of hydrogen-bond acceptors (Lipinski definition) is 0. The third kappa shape index (κ3) is 35.3. The first kappa shape index (κ1) is 57.3. The van der Waals surface area contributed by atoms with E-state index in [1.807, 2.05) is 0 Å². The third-order valence-electron chi connectivity index (χ3n) is 0. The quantitative estimate of drug-likeness (QED) is 0.386. The van der Waals surface area contributed by atoms with Crippen molar-refractivity contribution < 1.29 is 0 Å². The standard InChI is InChI=1S/2Ga.5Mg.10H. The minimum atomic E-state index is 0. The monoisotopic (exact) mass is 268 g/mol. The van der Waals surface area contributed by atoms with Crippen molar-refractivity contribution in [1.29, 1.82) is 0 Å². The van der Waals surface area contributed by atoms with E-state index in [0.29, 0.717) is 0 Å². The first-order chi connectivity index (χ1) is 0. The predicted molar refractivity (Wildman–Crippen MR) is 54.2 cm³/mol. The van der Waals surface area contributed by atoms with Crippen LogP contribution in [0.15, 0.2) is 0 Å². The molecule has 0 heterocycles. The second kappa shape index (κ2) is 43.5. The summed E-state index contributed by atoms with van der Waals surface area (Å²) in [6.07, 6.45) is 0. The molecule has 0 aliphatic heterocycles. The molecule has 0 spiro atoms. The summed E-state index contributed by atoms with van der Waals surface area (Å²) in [4.78, 5) is 0. The van der Waals surface area contributed by atoms with Crippen LogP contribution in [0.2, 0.25) is 0 Å². The Labute approximate surface area is 151 Å². The molecule has 0 saturated carbocycles. The average molecular weight is 271 g/mol. The molecule has 0 aromatic heterocycles. The molecule has 0 N–H and O–H groups in total. The van der Waals surface area contributed by atoms with Gasteiger partial charge in [-0.1, -0.05) is 0 Å². The number of rotatable bonds is 0. The Morgan fingerprint density at radius 3 is 0.286 bits per heavy atom. The van der Waals surface area contributed by atoms with Crippen molar-refractivity contribution >= 4 is 155 Å². The molecular weight excluding hydrogens is 261 g/mol. The molecule has 0 saturated heterocycles. The zero-order chi connectivity index (χ0) is 0. The van der Waals surface area contributed by atoms with E-state index in [1.54, 1.807) is 0 Å². The van der Waals surface area contributed by atoms with Crippen LogP contribution in [-0.2, 0) is 0 Å². The molecule has 26 valence electrons. The maximum absolute atomic E-state index is 0. The van der Waals surface area contributed by atoms with Crippen molar-refractivity contribution in [2.45, 2.75) is 0 Å². The van der Waals surface area contributed by atoms with Gasteiger partial charge in [0.1, 0.15) is 0 Å². The maximum Gasteiger partial charge on any atom is 0.316 e. The molecule has 0 aromatic rings. The van der Waals surface area contributed by atoms with Gasteiger partial charge in [-0.05, 0) is 0 Å². The Balaban J connectivity index is 0. The van der Waals surface area contributed by atoms with Crippen molar-refractivity contribution in [1.82, 2.24) is 0 Å². The van der Waals surface area contributed by atoms with Gasteiger partial charge in [0.2, 0.25) is 0 Å². The predicted octanol–water partition coefficient (Wildman–Crippen LogP) is -5.34. The van der Waals surface area contributed by atoms with Gasteiger partial charge >= 0.3 is 115 Å². The van der Waals surface area contributed by atoms with Gasteiger partial charge in [0.05, 0.1) is 0 Å². The largest absolute Gasteiger partial charge is 0.316 e. The van der Waals surface area contributed by atoms with Crippen molar-refractivity contribution in [3.63, 3.8) is 0 Å². The van der Waals surface area contributed by atoms with Gasteiger partial charge in [0.25, 0.3) is 0 Å². The van der Waals surface area contributed by atoms with Gasteiger partial charge in [-0.3, -0.25) is 0 Å². The molecule has 7 heteroatoms. The van der Waals surface area contributed by atoms with Crippen LogP contribution in [0.5, 0.6) is 0 Å². The zero-order valence-corrected chi connectivity index (χ0v) is 6.00. The zero-order valence-electron chi connectivity index (χ0n) is 1.15. The first-order valence-corrected chi connectivity index (χ1v) is 0. The summed E-state index contributed by atoms with van der Waals surface area (Å²) in [6.45, 7) is 0. The van der Waals surface area contributed by atoms with Gasteiger partial charge in [0.15, 0.2) is 0 Å². The van der Waals surface area contributed by atoms with Crippen LogP contribution >= 0.6 is 0 Å². The van der Waals surface area contributed by atoms with Gasteiger partial charge < -0.3 is 0 Å². The maximum atomic E-state index is 0. The molecule has 0 bridgehead atoms. The SMILES string of the molecule is [Ga].[Ga].[MgH2].[MgH2].[MgH2].[MgH2].[MgH2]. The van der Waals surface area contributed by atoms with Crippen LogP contribution in [-0.4, -0.2) is 155 Å². The molecular formula is H10Ga2Mg5. The van der Waals surface area contributed by atoms with E-state index in [4.69, 9.17) is 0 Å².